The van der Waals surface area contributed by atoms with Gasteiger partial charge in [-0.1, -0.05) is 24.3 Å². The van der Waals surface area contributed by atoms with E-state index >= 15 is 0 Å². The summed E-state index contributed by atoms with van der Waals surface area (Å²) in [6.07, 6.45) is 6.39. The summed E-state index contributed by atoms with van der Waals surface area (Å²) in [6.45, 7) is 0. The van der Waals surface area contributed by atoms with Crippen molar-refractivity contribution in [2.45, 2.75) is 38.5 Å². The van der Waals surface area contributed by atoms with Crippen molar-refractivity contribution in [1.82, 2.24) is 19.9 Å². The number of carbonyl (C=O) groups is 4. The zero-order chi connectivity index (χ0) is 38.2. The SMILES string of the molecule is O.O.O.O.O.O.O=C([O-])CCCC(=O)[O-].O=C([O-])CCCC(=O)[O-].OB(O)O.OB(O)O.[Cu+2].[Cu+2].c1ccc(-c2ccccn2)nc1.c1ccc(-c2ccccn2)nc1. The number of aliphatic carboxylic acids is 4. The number of nitrogens with zero attached hydrogens (tertiary/aromatic N) is 4. The van der Waals surface area contributed by atoms with Crippen molar-refractivity contribution < 1.29 is 137 Å². The molecule has 18 N–H and O–H groups in total. The van der Waals surface area contributed by atoms with Gasteiger partial charge in [-0.3, -0.25) is 19.9 Å². The van der Waals surface area contributed by atoms with Crippen LogP contribution in [-0.2, 0) is 53.3 Å². The number of pyridine rings is 4. The summed E-state index contributed by atoms with van der Waals surface area (Å²) in [5, 5.41) is 81.6. The number of carboxylic acid groups (broad SMARTS) is 4. The molecule has 4 aromatic rings. The molecule has 0 aromatic carbocycles. The Morgan fingerprint density at radius 1 is 0.397 bits per heavy atom. The Balaban J connectivity index is -0.0000000602. The van der Waals surface area contributed by atoms with Crippen molar-refractivity contribution in [2.24, 2.45) is 0 Å². The van der Waals surface area contributed by atoms with Crippen LogP contribution < -0.4 is 20.4 Å². The molecule has 0 fully saturated rings. The fourth-order valence-corrected chi connectivity index (χ4v) is 2.81. The number of carbonyl (C=O) groups excluding carboxylic acids is 4. The number of hydrogen-bond acceptors (Lipinski definition) is 18. The summed E-state index contributed by atoms with van der Waals surface area (Å²) in [5.74, 6) is -4.90. The average Bonchev–Trinajstić information content (AvgIpc) is 3.06. The van der Waals surface area contributed by atoms with Crippen LogP contribution in [0.3, 0.4) is 0 Å². The summed E-state index contributed by atoms with van der Waals surface area (Å²) in [4.78, 5) is 55.4. The van der Waals surface area contributed by atoms with E-state index in [-0.39, 0.29) is 106 Å². The molecule has 0 amide bonds. The molecule has 28 heteroatoms. The maximum Gasteiger partial charge on any atom is 2.00 e. The number of rotatable bonds is 10. The Morgan fingerprint density at radius 3 is 0.655 bits per heavy atom. The minimum atomic E-state index is -2.17. The number of carboxylic acids is 4. The van der Waals surface area contributed by atoms with Gasteiger partial charge in [0.1, 0.15) is 0 Å². The van der Waals surface area contributed by atoms with Gasteiger partial charge < -0.3 is 103 Å². The molecule has 0 saturated carbocycles. The van der Waals surface area contributed by atoms with Crippen LogP contribution in [0.15, 0.2) is 97.6 Å². The minimum Gasteiger partial charge on any atom is -0.550 e. The second-order valence-corrected chi connectivity index (χ2v) is 8.75. The van der Waals surface area contributed by atoms with E-state index in [1.807, 2.05) is 72.8 Å². The van der Waals surface area contributed by atoms with E-state index in [9.17, 15) is 39.6 Å². The first kappa shape index (κ1) is 77.6. The molecule has 0 aliphatic rings. The van der Waals surface area contributed by atoms with E-state index in [2.05, 4.69) is 19.9 Å². The van der Waals surface area contributed by atoms with E-state index in [1.165, 1.54) is 0 Å². The van der Waals surface area contributed by atoms with Crippen molar-refractivity contribution in [3.05, 3.63) is 97.6 Å². The molecule has 4 rings (SSSR count). The predicted octanol–water partition coefficient (Wildman–Crippen LogP) is -9.46. The topological polar surface area (TPSA) is 522 Å². The first-order valence-corrected chi connectivity index (χ1v) is 14.2. The van der Waals surface area contributed by atoms with Crippen molar-refractivity contribution >= 4 is 38.5 Å². The summed E-state index contributed by atoms with van der Waals surface area (Å²) >= 11 is 0. The number of hydrogen-bond donors (Lipinski definition) is 6. The molecule has 0 atom stereocenters. The van der Waals surface area contributed by atoms with Gasteiger partial charge in [-0.05, 0) is 87.1 Å². The monoisotopic (exact) mass is 930 g/mol. The molecule has 2 radical (unpaired) electrons. The van der Waals surface area contributed by atoms with Gasteiger partial charge in [-0.25, -0.2) is 0 Å². The Kier molecular flexibility index (Phi) is 69.8. The maximum absolute atomic E-state index is 9.66. The largest absolute Gasteiger partial charge is 2.00 e. The molecule has 0 unspecified atom stereocenters. The van der Waals surface area contributed by atoms with Crippen LogP contribution in [0, 0.1) is 0 Å². The summed E-state index contributed by atoms with van der Waals surface area (Å²) < 4.78 is 0. The van der Waals surface area contributed by atoms with Gasteiger partial charge in [0.05, 0.1) is 22.8 Å². The van der Waals surface area contributed by atoms with Crippen LogP contribution >= 0.6 is 0 Å². The second kappa shape index (κ2) is 52.2. The molecule has 58 heavy (non-hydrogen) atoms. The van der Waals surface area contributed by atoms with Crippen LogP contribution in [0.25, 0.3) is 22.8 Å². The molecule has 0 spiro atoms. The summed E-state index contributed by atoms with van der Waals surface area (Å²) in [7, 11) is -4.33. The fourth-order valence-electron chi connectivity index (χ4n) is 2.81. The minimum absolute atomic E-state index is 0. The molecule has 4 aromatic heterocycles. The Morgan fingerprint density at radius 2 is 0.552 bits per heavy atom. The fraction of sp³-hybridized carbons (Fsp3) is 0.200. The maximum atomic E-state index is 9.66. The Labute approximate surface area is 353 Å². The Bertz CT molecular complexity index is 1250. The van der Waals surface area contributed by atoms with E-state index in [0.29, 0.717) is 0 Å². The van der Waals surface area contributed by atoms with Crippen LogP contribution in [0.1, 0.15) is 38.5 Å². The first-order chi connectivity index (χ1) is 23.6. The zero-order valence-electron chi connectivity index (χ0n) is 30.0. The van der Waals surface area contributed by atoms with E-state index in [1.54, 1.807) is 24.8 Å². The second-order valence-electron chi connectivity index (χ2n) is 8.75. The molecule has 4 heterocycles. The molecule has 0 saturated heterocycles. The van der Waals surface area contributed by atoms with Gasteiger partial charge in [0, 0.05) is 48.7 Å². The third kappa shape index (κ3) is 57.9. The van der Waals surface area contributed by atoms with Gasteiger partial charge in [-0.2, -0.15) is 0 Å². The standard InChI is InChI=1S/2C10H8N2.2C5H8O4.2BH3O3.2Cu.6H2O/c2*1-3-7-11-9(5-1)10-6-2-4-8-12-10;2*6-4(7)2-1-3-5(8)9;2*2-1(3)4;;;;;;;;/h2*1-8H;2*1-3H2,(H,6,7)(H,8,9);2*2-4H;;;6*1H2/q;;;;;;2*+2;;;;;;/p-4. The molecule has 334 valence electrons. The van der Waals surface area contributed by atoms with Gasteiger partial charge in [0.15, 0.2) is 0 Å². The van der Waals surface area contributed by atoms with Gasteiger partial charge in [0.2, 0.25) is 0 Å². The number of aromatic nitrogens is 4. The van der Waals surface area contributed by atoms with Crippen molar-refractivity contribution in [2.75, 3.05) is 0 Å². The average molecular weight is 931 g/mol. The Hall–Kier alpha value is -4.83. The normalized spacial score (nSPS) is 7.69. The van der Waals surface area contributed by atoms with Gasteiger partial charge in [0.25, 0.3) is 0 Å². The predicted molar refractivity (Wildman–Crippen MR) is 189 cm³/mol. The molecular formula is C30H46B2Cu2N4O20. The molecule has 0 aliphatic carbocycles. The van der Waals surface area contributed by atoms with Crippen LogP contribution in [0.2, 0.25) is 0 Å². The molecule has 24 nitrogen and oxygen atoms in total. The van der Waals surface area contributed by atoms with Crippen molar-refractivity contribution in [3.63, 3.8) is 0 Å². The van der Waals surface area contributed by atoms with Crippen LogP contribution in [-0.4, -0.2) is 121 Å². The van der Waals surface area contributed by atoms with Crippen molar-refractivity contribution in [3.8, 4) is 22.8 Å². The summed E-state index contributed by atoms with van der Waals surface area (Å²) in [6, 6.07) is 23.2. The van der Waals surface area contributed by atoms with Crippen molar-refractivity contribution in [1.29, 1.82) is 0 Å². The van der Waals surface area contributed by atoms with E-state index < -0.39 is 38.5 Å². The smallest absolute Gasteiger partial charge is 0.550 e. The molecular weight excluding hydrogens is 885 g/mol. The third-order valence-electron chi connectivity index (χ3n) is 4.71. The van der Waals surface area contributed by atoms with Crippen LogP contribution in [0.4, 0.5) is 0 Å². The molecule has 0 bridgehead atoms. The van der Waals surface area contributed by atoms with E-state index in [0.717, 1.165) is 22.8 Å². The van der Waals surface area contributed by atoms with Gasteiger partial charge in [-0.15, -0.1) is 0 Å². The third-order valence-corrected chi connectivity index (χ3v) is 4.71. The first-order valence-electron chi connectivity index (χ1n) is 14.2. The quantitative estimate of drug-likeness (QED) is 0.0804. The molecule has 0 aliphatic heterocycles. The zero-order valence-corrected chi connectivity index (χ0v) is 31.9. The van der Waals surface area contributed by atoms with E-state index in [4.69, 9.17) is 30.1 Å². The van der Waals surface area contributed by atoms with Crippen LogP contribution in [0.5, 0.6) is 0 Å². The summed E-state index contributed by atoms with van der Waals surface area (Å²) in [5.41, 5.74) is 3.66. The van der Waals surface area contributed by atoms with Gasteiger partial charge >= 0.3 is 48.8 Å².